The number of rotatable bonds is 9. The molecule has 1 atom stereocenters. The molecule has 0 radical (unpaired) electrons. The van der Waals surface area contributed by atoms with Crippen molar-refractivity contribution in [1.82, 2.24) is 4.57 Å². The summed E-state index contributed by atoms with van der Waals surface area (Å²) in [5.41, 5.74) is 3.81. The minimum absolute atomic E-state index is 0.261. The number of anilines is 1. The van der Waals surface area contributed by atoms with Crippen LogP contribution in [-0.2, 0) is 11.4 Å². The summed E-state index contributed by atoms with van der Waals surface area (Å²) in [6.07, 6.45) is 1.86. The molecule has 0 aliphatic carbocycles. The van der Waals surface area contributed by atoms with E-state index in [4.69, 9.17) is 19.2 Å². The lowest BCUT2D eigenvalue weighted by molar-refractivity contribution is -0.113. The summed E-state index contributed by atoms with van der Waals surface area (Å²) >= 11 is 5.81. The number of para-hydroxylation sites is 1. The van der Waals surface area contributed by atoms with Crippen molar-refractivity contribution >= 4 is 74.2 Å². The van der Waals surface area contributed by atoms with Gasteiger partial charge in [0.1, 0.15) is 29.9 Å². The van der Waals surface area contributed by atoms with Gasteiger partial charge >= 0.3 is 0 Å². The Morgan fingerprint density at radius 1 is 0.957 bits per heavy atom. The van der Waals surface area contributed by atoms with Crippen molar-refractivity contribution in [3.05, 3.63) is 146 Å². The maximum absolute atomic E-state index is 14.3. The van der Waals surface area contributed by atoms with Crippen LogP contribution in [0.3, 0.4) is 0 Å². The topological polar surface area (TPSA) is 91.2 Å². The van der Waals surface area contributed by atoms with Crippen molar-refractivity contribution in [1.29, 1.82) is 0 Å². The first-order valence-corrected chi connectivity index (χ1v) is 17.5. The van der Waals surface area contributed by atoms with Gasteiger partial charge in [-0.25, -0.2) is 4.99 Å². The highest BCUT2D eigenvalue weighted by Crippen LogP contribution is 2.38. The second-order valence-corrected chi connectivity index (χ2v) is 13.9. The summed E-state index contributed by atoms with van der Waals surface area (Å²) in [6, 6.07) is 27.8. The Balaban J connectivity index is 1.44. The number of nitrogens with zero attached hydrogens (tertiary/aromatic N) is 2. The van der Waals surface area contributed by atoms with E-state index < -0.39 is 6.04 Å². The van der Waals surface area contributed by atoms with E-state index in [1.54, 1.807) is 37.8 Å². The minimum Gasteiger partial charge on any atom is -0.497 e. The molecule has 1 N–H and O–H groups in total. The van der Waals surface area contributed by atoms with Gasteiger partial charge in [0.25, 0.3) is 11.5 Å². The van der Waals surface area contributed by atoms with Crippen molar-refractivity contribution in [3.63, 3.8) is 0 Å². The highest BCUT2D eigenvalue weighted by Gasteiger charge is 2.34. The third-order valence-corrected chi connectivity index (χ3v) is 10.2. The van der Waals surface area contributed by atoms with Gasteiger partial charge in [-0.05, 0) is 106 Å². The minimum atomic E-state index is -0.799. The molecule has 1 amide bonds. The van der Waals surface area contributed by atoms with E-state index in [-0.39, 0.29) is 11.5 Å². The highest BCUT2D eigenvalue weighted by atomic mass is 127. The molecule has 8 nitrogen and oxygen atoms in total. The number of fused-ring (bicyclic) bond motifs is 1. The van der Waals surface area contributed by atoms with Crippen LogP contribution < -0.4 is 34.4 Å². The number of ether oxygens (including phenoxy) is 3. The van der Waals surface area contributed by atoms with E-state index in [0.717, 1.165) is 24.0 Å². The number of carbonyl (C=O) groups is 1. The number of benzene rings is 4. The molecule has 11 heteroatoms. The molecule has 0 unspecified atom stereocenters. The smallest absolute Gasteiger partial charge is 0.271 e. The molecule has 1 aliphatic heterocycles. The second-order valence-electron chi connectivity index (χ2n) is 10.6. The maximum Gasteiger partial charge on any atom is 0.271 e. The fourth-order valence-electron chi connectivity index (χ4n) is 5.35. The van der Waals surface area contributed by atoms with E-state index in [1.165, 1.54) is 11.3 Å². The van der Waals surface area contributed by atoms with Crippen LogP contribution in [0.4, 0.5) is 5.69 Å². The Labute approximate surface area is 302 Å². The summed E-state index contributed by atoms with van der Waals surface area (Å²) in [5, 5.41) is 2.98. The van der Waals surface area contributed by atoms with Crippen molar-refractivity contribution in [2.75, 3.05) is 19.5 Å². The molecule has 238 valence electrons. The molecule has 1 aromatic heterocycles. The third kappa shape index (κ3) is 7.02. The van der Waals surface area contributed by atoms with Crippen molar-refractivity contribution < 1.29 is 19.0 Å². The van der Waals surface area contributed by atoms with Crippen molar-refractivity contribution in [3.8, 4) is 17.2 Å². The number of amides is 1. The Hall–Kier alpha value is -3.95. The van der Waals surface area contributed by atoms with Crippen LogP contribution in [0, 0.1) is 7.14 Å². The predicted octanol–water partition coefficient (Wildman–Crippen LogP) is 6.68. The summed E-state index contributed by atoms with van der Waals surface area (Å²) in [6.45, 7) is 2.25. The lowest BCUT2D eigenvalue weighted by Gasteiger charge is -2.26. The molecular weight excluding hydrogens is 840 g/mol. The molecule has 0 saturated heterocycles. The van der Waals surface area contributed by atoms with Gasteiger partial charge in [0.15, 0.2) is 4.80 Å². The monoisotopic (exact) mass is 869 g/mol. The average Bonchev–Trinajstić information content (AvgIpc) is 3.37. The van der Waals surface area contributed by atoms with Gasteiger partial charge in [0.05, 0.1) is 37.2 Å². The van der Waals surface area contributed by atoms with Crippen LogP contribution >= 0.6 is 56.5 Å². The summed E-state index contributed by atoms with van der Waals surface area (Å²) in [5.74, 6) is 1.52. The number of thiazole rings is 1. The Morgan fingerprint density at radius 3 is 2.30 bits per heavy atom. The molecule has 0 spiro atoms. The van der Waals surface area contributed by atoms with E-state index in [2.05, 4.69) is 50.5 Å². The molecule has 2 heterocycles. The molecule has 0 bridgehead atoms. The van der Waals surface area contributed by atoms with Gasteiger partial charge in [0, 0.05) is 17.3 Å². The summed E-state index contributed by atoms with van der Waals surface area (Å²) < 4.78 is 21.3. The number of aromatic nitrogens is 1. The summed E-state index contributed by atoms with van der Waals surface area (Å²) in [7, 11) is 3.13. The van der Waals surface area contributed by atoms with Crippen LogP contribution in [0.25, 0.3) is 6.08 Å². The van der Waals surface area contributed by atoms with Crippen LogP contribution in [0.2, 0.25) is 0 Å². The number of halogens is 2. The van der Waals surface area contributed by atoms with Crippen molar-refractivity contribution in [2.45, 2.75) is 19.6 Å². The first kappa shape index (κ1) is 33.0. The lowest BCUT2D eigenvalue weighted by atomic mass is 9.94. The number of nitrogens with one attached hydrogen (secondary N) is 1. The van der Waals surface area contributed by atoms with Gasteiger partial charge in [-0.2, -0.15) is 0 Å². The van der Waals surface area contributed by atoms with E-state index >= 15 is 0 Å². The van der Waals surface area contributed by atoms with Crippen LogP contribution in [-0.4, -0.2) is 24.7 Å². The zero-order valence-electron chi connectivity index (χ0n) is 25.6. The van der Waals surface area contributed by atoms with E-state index in [9.17, 15) is 9.59 Å². The van der Waals surface area contributed by atoms with Gasteiger partial charge < -0.3 is 19.5 Å². The van der Waals surface area contributed by atoms with Gasteiger partial charge in [0.2, 0.25) is 0 Å². The molecule has 1 aliphatic rings. The van der Waals surface area contributed by atoms with E-state index in [1.807, 2.05) is 84.9 Å². The quantitative estimate of drug-likeness (QED) is 0.167. The molecular formula is C36H29I2N3O5S. The zero-order valence-corrected chi connectivity index (χ0v) is 30.8. The number of allylic oxidation sites excluding steroid dienone is 1. The number of methoxy groups -OCH3 is 2. The molecule has 5 aromatic rings. The Kier molecular flexibility index (Phi) is 10.1. The van der Waals surface area contributed by atoms with Gasteiger partial charge in [-0.3, -0.25) is 14.2 Å². The normalized spacial score (nSPS) is 14.3. The Bertz CT molecular complexity index is 2160. The van der Waals surface area contributed by atoms with Crippen LogP contribution in [0.5, 0.6) is 17.2 Å². The number of hydrogen-bond acceptors (Lipinski definition) is 7. The number of carbonyl (C=O) groups excluding carboxylic acids is 1. The van der Waals surface area contributed by atoms with Gasteiger partial charge in [-0.1, -0.05) is 59.9 Å². The first-order chi connectivity index (χ1) is 22.8. The fourth-order valence-corrected chi connectivity index (χ4v) is 8.53. The van der Waals surface area contributed by atoms with Gasteiger partial charge in [-0.15, -0.1) is 0 Å². The Morgan fingerprint density at radius 2 is 1.64 bits per heavy atom. The third-order valence-electron chi connectivity index (χ3n) is 7.58. The molecule has 0 fully saturated rings. The maximum atomic E-state index is 14.3. The predicted molar refractivity (Wildman–Crippen MR) is 201 cm³/mol. The summed E-state index contributed by atoms with van der Waals surface area (Å²) in [4.78, 5) is 33.5. The van der Waals surface area contributed by atoms with Crippen molar-refractivity contribution in [2.24, 2.45) is 4.99 Å². The molecule has 6 rings (SSSR count). The molecule has 4 aromatic carbocycles. The van der Waals surface area contributed by atoms with Crippen LogP contribution in [0.1, 0.15) is 29.7 Å². The fraction of sp³-hybridized carbons (Fsp3) is 0.139. The SMILES string of the molecule is COc1ccc([C@H]2C(C(=O)Nc3ccccc3)=C(C)N=c3s/c(=C\c4cc(I)c(OCc5ccccc5)c(I)c4)c(=O)n32)c(OC)c1. The van der Waals surface area contributed by atoms with E-state index in [0.29, 0.717) is 50.0 Å². The average molecular weight is 870 g/mol. The lowest BCUT2D eigenvalue weighted by Crippen LogP contribution is -2.40. The molecule has 0 saturated carbocycles. The largest absolute Gasteiger partial charge is 0.497 e. The molecule has 47 heavy (non-hydrogen) atoms. The number of hydrogen-bond donors (Lipinski definition) is 1. The van der Waals surface area contributed by atoms with Crippen LogP contribution in [0.15, 0.2) is 112 Å². The zero-order chi connectivity index (χ0) is 33.1. The first-order valence-electron chi connectivity index (χ1n) is 14.5. The highest BCUT2D eigenvalue weighted by molar-refractivity contribution is 14.1. The second kappa shape index (κ2) is 14.4. The standard InChI is InChI=1S/C36H29I2N3O5S/c1-21-31(34(42)40-24-12-8-5-9-13-24)32(26-15-14-25(44-2)19-29(26)45-3)41-35(43)30(47-36(41)39-21)18-23-16-27(37)33(28(38)17-23)46-20-22-10-6-4-7-11-22/h4-19,32H,20H2,1-3H3,(H,40,42)/b30-18-/t32-/m0/s1.